The summed E-state index contributed by atoms with van der Waals surface area (Å²) in [4.78, 5) is 24.0. The molecule has 2 amide bonds. The van der Waals surface area contributed by atoms with Gasteiger partial charge in [-0.3, -0.25) is 14.3 Å². The largest absolute Gasteiger partial charge is 0.354 e. The number of amides is 2. The van der Waals surface area contributed by atoms with Crippen LogP contribution in [0.15, 0.2) is 0 Å². The van der Waals surface area contributed by atoms with Gasteiger partial charge in [0, 0.05) is 20.0 Å². The number of rotatable bonds is 3. The Hall–Kier alpha value is -1.85. The predicted octanol–water partition coefficient (Wildman–Crippen LogP) is 1.22. The minimum Gasteiger partial charge on any atom is -0.354 e. The van der Waals surface area contributed by atoms with Crippen LogP contribution in [0.4, 0.5) is 5.69 Å². The van der Waals surface area contributed by atoms with Gasteiger partial charge in [0.2, 0.25) is 5.91 Å². The molecule has 1 aliphatic rings. The van der Waals surface area contributed by atoms with Crippen molar-refractivity contribution in [3.05, 3.63) is 11.4 Å². The highest BCUT2D eigenvalue weighted by Crippen LogP contribution is 2.27. The maximum atomic E-state index is 12.2. The molecule has 0 spiro atoms. The van der Waals surface area contributed by atoms with Gasteiger partial charge in [-0.2, -0.15) is 5.10 Å². The number of anilines is 1. The molecule has 2 N–H and O–H groups in total. The molecule has 104 valence electrons. The lowest BCUT2D eigenvalue weighted by Gasteiger charge is -2.11. The molecular formula is C13H20N4O2. The quantitative estimate of drug-likeness (QED) is 0.861. The molecule has 1 aromatic rings. The molecule has 1 aliphatic carbocycles. The summed E-state index contributed by atoms with van der Waals surface area (Å²) in [6, 6.07) is 0. The molecule has 2 rings (SSSR count). The van der Waals surface area contributed by atoms with E-state index in [4.69, 9.17) is 0 Å². The van der Waals surface area contributed by atoms with Gasteiger partial charge in [-0.25, -0.2) is 0 Å². The molecule has 0 radical (unpaired) electrons. The molecule has 0 aliphatic heterocycles. The van der Waals surface area contributed by atoms with Crippen LogP contribution in [0, 0.1) is 12.8 Å². The minimum atomic E-state index is -0.246. The molecule has 0 atom stereocenters. The van der Waals surface area contributed by atoms with Crippen molar-refractivity contribution in [3.8, 4) is 0 Å². The van der Waals surface area contributed by atoms with Crippen LogP contribution >= 0.6 is 0 Å². The number of nitrogens with zero attached hydrogens (tertiary/aromatic N) is 2. The van der Waals surface area contributed by atoms with E-state index in [9.17, 15) is 9.59 Å². The first-order chi connectivity index (χ1) is 9.04. The zero-order chi connectivity index (χ0) is 14.0. The maximum Gasteiger partial charge on any atom is 0.271 e. The number of hydrogen-bond acceptors (Lipinski definition) is 3. The second kappa shape index (κ2) is 5.42. The number of nitrogens with one attached hydrogen (secondary N) is 2. The fourth-order valence-electron chi connectivity index (χ4n) is 2.60. The Kier molecular flexibility index (Phi) is 3.87. The summed E-state index contributed by atoms with van der Waals surface area (Å²) in [7, 11) is 3.26. The van der Waals surface area contributed by atoms with E-state index in [1.165, 1.54) is 4.68 Å². The Labute approximate surface area is 112 Å². The van der Waals surface area contributed by atoms with E-state index < -0.39 is 0 Å². The first kappa shape index (κ1) is 13.6. The van der Waals surface area contributed by atoms with Crippen LogP contribution < -0.4 is 10.6 Å². The SMILES string of the molecule is CNC(=O)c1c(NC(=O)C2CCCC2)c(C)nn1C. The molecule has 1 heterocycles. The standard InChI is InChI=1S/C13H20N4O2/c1-8-10(11(13(19)14-2)17(3)16-8)15-12(18)9-6-4-5-7-9/h9H,4-7H2,1-3H3,(H,14,19)(H,15,18). The van der Waals surface area contributed by atoms with Crippen molar-refractivity contribution in [2.75, 3.05) is 12.4 Å². The molecular weight excluding hydrogens is 244 g/mol. The molecule has 0 saturated heterocycles. The van der Waals surface area contributed by atoms with Gasteiger partial charge in [0.05, 0.1) is 11.4 Å². The van der Waals surface area contributed by atoms with Gasteiger partial charge < -0.3 is 10.6 Å². The van der Waals surface area contributed by atoms with Crippen LogP contribution in [0.3, 0.4) is 0 Å². The lowest BCUT2D eigenvalue weighted by molar-refractivity contribution is -0.119. The zero-order valence-electron chi connectivity index (χ0n) is 11.6. The first-order valence-electron chi connectivity index (χ1n) is 6.61. The lowest BCUT2D eigenvalue weighted by Crippen LogP contribution is -2.25. The maximum absolute atomic E-state index is 12.2. The van der Waals surface area contributed by atoms with Crippen molar-refractivity contribution in [2.24, 2.45) is 13.0 Å². The fourth-order valence-corrected chi connectivity index (χ4v) is 2.60. The van der Waals surface area contributed by atoms with E-state index in [1.54, 1.807) is 21.0 Å². The third-order valence-electron chi connectivity index (χ3n) is 3.64. The fraction of sp³-hybridized carbons (Fsp3) is 0.615. The predicted molar refractivity (Wildman–Crippen MR) is 71.9 cm³/mol. The van der Waals surface area contributed by atoms with Crippen molar-refractivity contribution < 1.29 is 9.59 Å². The van der Waals surface area contributed by atoms with E-state index in [2.05, 4.69) is 15.7 Å². The molecule has 6 nitrogen and oxygen atoms in total. The van der Waals surface area contributed by atoms with Gasteiger partial charge in [-0.1, -0.05) is 12.8 Å². The zero-order valence-corrected chi connectivity index (χ0v) is 11.6. The van der Waals surface area contributed by atoms with Crippen LogP contribution in [0.1, 0.15) is 41.9 Å². The van der Waals surface area contributed by atoms with Gasteiger partial charge in [0.25, 0.3) is 5.91 Å². The second-order valence-electron chi connectivity index (χ2n) is 4.98. The second-order valence-corrected chi connectivity index (χ2v) is 4.98. The molecule has 19 heavy (non-hydrogen) atoms. The molecule has 1 saturated carbocycles. The third kappa shape index (κ3) is 2.62. The highest BCUT2D eigenvalue weighted by molar-refractivity contribution is 6.03. The summed E-state index contributed by atoms with van der Waals surface area (Å²) in [6.07, 6.45) is 4.07. The number of carbonyl (C=O) groups excluding carboxylic acids is 2. The van der Waals surface area contributed by atoms with Crippen molar-refractivity contribution in [1.29, 1.82) is 0 Å². The van der Waals surface area contributed by atoms with E-state index in [0.29, 0.717) is 17.1 Å². The van der Waals surface area contributed by atoms with Crippen molar-refractivity contribution in [3.63, 3.8) is 0 Å². The average Bonchev–Trinajstić information content (AvgIpc) is 2.98. The van der Waals surface area contributed by atoms with Gasteiger partial charge in [0.15, 0.2) is 0 Å². The molecule has 6 heteroatoms. The summed E-state index contributed by atoms with van der Waals surface area (Å²) in [5, 5.41) is 9.64. The molecule has 1 aromatic heterocycles. The smallest absolute Gasteiger partial charge is 0.271 e. The summed E-state index contributed by atoms with van der Waals surface area (Å²) in [5.74, 6) is -0.180. The minimum absolute atomic E-state index is 0.00115. The molecule has 0 unspecified atom stereocenters. The van der Waals surface area contributed by atoms with Crippen molar-refractivity contribution >= 4 is 17.5 Å². The van der Waals surface area contributed by atoms with E-state index in [1.807, 2.05) is 0 Å². The van der Waals surface area contributed by atoms with E-state index in [0.717, 1.165) is 25.7 Å². The summed E-state index contributed by atoms with van der Waals surface area (Å²) in [5.41, 5.74) is 1.58. The Balaban J connectivity index is 2.23. The van der Waals surface area contributed by atoms with Gasteiger partial charge in [0.1, 0.15) is 5.69 Å². The van der Waals surface area contributed by atoms with Gasteiger partial charge in [-0.05, 0) is 19.8 Å². The third-order valence-corrected chi connectivity index (χ3v) is 3.64. The van der Waals surface area contributed by atoms with Crippen LogP contribution in [-0.4, -0.2) is 28.6 Å². The Bertz CT molecular complexity index is 501. The first-order valence-corrected chi connectivity index (χ1v) is 6.61. The Morgan fingerprint density at radius 2 is 1.95 bits per heavy atom. The number of carbonyl (C=O) groups is 2. The normalized spacial score (nSPS) is 15.5. The van der Waals surface area contributed by atoms with Crippen LogP contribution in [0.2, 0.25) is 0 Å². The number of aryl methyl sites for hydroxylation is 2. The van der Waals surface area contributed by atoms with E-state index in [-0.39, 0.29) is 17.7 Å². The highest BCUT2D eigenvalue weighted by Gasteiger charge is 2.26. The number of aromatic nitrogens is 2. The van der Waals surface area contributed by atoms with Crippen LogP contribution in [0.5, 0.6) is 0 Å². The van der Waals surface area contributed by atoms with Gasteiger partial charge >= 0.3 is 0 Å². The van der Waals surface area contributed by atoms with Crippen LogP contribution in [0.25, 0.3) is 0 Å². The van der Waals surface area contributed by atoms with Crippen molar-refractivity contribution in [1.82, 2.24) is 15.1 Å². The number of hydrogen-bond donors (Lipinski definition) is 2. The molecule has 0 aromatic carbocycles. The summed E-state index contributed by atoms with van der Waals surface area (Å²) >= 11 is 0. The van der Waals surface area contributed by atoms with Crippen molar-refractivity contribution in [2.45, 2.75) is 32.6 Å². The van der Waals surface area contributed by atoms with Crippen LogP contribution in [-0.2, 0) is 11.8 Å². The van der Waals surface area contributed by atoms with Gasteiger partial charge in [-0.15, -0.1) is 0 Å². The Morgan fingerprint density at radius 3 is 2.53 bits per heavy atom. The topological polar surface area (TPSA) is 76.0 Å². The monoisotopic (exact) mass is 264 g/mol. The summed E-state index contributed by atoms with van der Waals surface area (Å²) in [6.45, 7) is 1.79. The average molecular weight is 264 g/mol. The lowest BCUT2D eigenvalue weighted by atomic mass is 10.1. The highest BCUT2D eigenvalue weighted by atomic mass is 16.2. The molecule has 0 bridgehead atoms. The van der Waals surface area contributed by atoms with E-state index >= 15 is 0 Å². The summed E-state index contributed by atoms with van der Waals surface area (Å²) < 4.78 is 1.50. The Morgan fingerprint density at radius 1 is 1.32 bits per heavy atom. The molecule has 1 fully saturated rings.